The standard InChI is InChI=1S/C28H29Cl3N4O3S2/c1-14(27(37)38)7-19-20(30)8-16(9-21(19)31)25(36)33-28-32-24(23-10-17(29)13-39-23)26(40-28)34-11-15-5-6-35(22(15)12-34)18-3-2-4-18/h7-10,13,15,18,22,25,36H,2-6,11-12H2,1H3,(H,32,33)(H,37,38)/b14-7+. The smallest absolute Gasteiger partial charge is 0.331 e. The molecule has 12 heteroatoms. The molecule has 40 heavy (non-hydrogen) atoms. The summed E-state index contributed by atoms with van der Waals surface area (Å²) in [4.78, 5) is 22.3. The van der Waals surface area contributed by atoms with Crippen molar-refractivity contribution in [2.45, 2.75) is 50.9 Å². The highest BCUT2D eigenvalue weighted by Crippen LogP contribution is 2.46. The molecule has 1 aliphatic carbocycles. The molecule has 0 amide bonds. The Balaban J connectivity index is 1.26. The van der Waals surface area contributed by atoms with Crippen LogP contribution in [0, 0.1) is 5.92 Å². The Morgan fingerprint density at radius 1 is 1.18 bits per heavy atom. The lowest BCUT2D eigenvalue weighted by atomic mass is 9.90. The van der Waals surface area contributed by atoms with Crippen LogP contribution in [-0.2, 0) is 4.79 Å². The molecule has 4 heterocycles. The number of hydrogen-bond acceptors (Lipinski definition) is 8. The lowest BCUT2D eigenvalue weighted by Crippen LogP contribution is -2.45. The zero-order valence-corrected chi connectivity index (χ0v) is 25.6. The summed E-state index contributed by atoms with van der Waals surface area (Å²) in [5.74, 6) is -0.399. The minimum absolute atomic E-state index is 0.105. The number of carboxylic acid groups (broad SMARTS) is 1. The summed E-state index contributed by atoms with van der Waals surface area (Å²) in [6, 6.07) is 6.42. The summed E-state index contributed by atoms with van der Waals surface area (Å²) in [7, 11) is 0. The number of fused-ring (bicyclic) bond motifs is 1. The number of rotatable bonds is 8. The van der Waals surface area contributed by atoms with Gasteiger partial charge in [-0.25, -0.2) is 9.78 Å². The molecule has 1 aromatic carbocycles. The number of thiophene rings is 1. The molecule has 0 bridgehead atoms. The lowest BCUT2D eigenvalue weighted by molar-refractivity contribution is -0.132. The Morgan fingerprint density at radius 2 is 1.93 bits per heavy atom. The van der Waals surface area contributed by atoms with E-state index < -0.39 is 12.2 Å². The fourth-order valence-electron chi connectivity index (χ4n) is 5.90. The second-order valence-corrected chi connectivity index (χ2v) is 13.9. The Bertz CT molecular complexity index is 1450. The third-order valence-electron chi connectivity index (χ3n) is 8.21. The highest BCUT2D eigenvalue weighted by molar-refractivity contribution is 7.21. The van der Waals surface area contributed by atoms with E-state index in [-0.39, 0.29) is 15.6 Å². The zero-order valence-electron chi connectivity index (χ0n) is 21.7. The number of halogens is 3. The summed E-state index contributed by atoms with van der Waals surface area (Å²) >= 11 is 22.2. The van der Waals surface area contributed by atoms with Crippen LogP contribution in [0.4, 0.5) is 10.1 Å². The van der Waals surface area contributed by atoms with Crippen molar-refractivity contribution in [2.24, 2.45) is 5.92 Å². The van der Waals surface area contributed by atoms with Gasteiger partial charge >= 0.3 is 5.97 Å². The van der Waals surface area contributed by atoms with Gasteiger partial charge in [0.05, 0.1) is 9.90 Å². The molecule has 0 spiro atoms. The minimum Gasteiger partial charge on any atom is -0.478 e. The number of nitrogens with zero attached hydrogens (tertiary/aromatic N) is 3. The molecular formula is C28H29Cl3N4O3S2. The molecule has 3 atom stereocenters. The summed E-state index contributed by atoms with van der Waals surface area (Å²) in [5.41, 5.74) is 1.81. The fourth-order valence-corrected chi connectivity index (χ4v) is 8.66. The van der Waals surface area contributed by atoms with Crippen LogP contribution in [-0.4, -0.2) is 57.8 Å². The number of aliphatic hydroxyl groups is 1. The van der Waals surface area contributed by atoms with E-state index >= 15 is 0 Å². The molecule has 212 valence electrons. The molecule has 3 aromatic rings. The first kappa shape index (κ1) is 28.3. The number of nitrogens with one attached hydrogen (secondary N) is 1. The van der Waals surface area contributed by atoms with Crippen LogP contribution in [0.15, 0.2) is 29.2 Å². The number of hydrogen-bond donors (Lipinski definition) is 3. The minimum atomic E-state index is -1.13. The Morgan fingerprint density at radius 3 is 2.55 bits per heavy atom. The molecule has 3 fully saturated rings. The SMILES string of the molecule is C/C(=C\c1c(Cl)cc(C(O)Nc2nc(-c3cc(Cl)cs3)c(N3CC4CCN(C5CCC5)C4C3)s2)cc1Cl)C(=O)O. The van der Waals surface area contributed by atoms with Crippen LogP contribution in [0.25, 0.3) is 16.6 Å². The highest BCUT2D eigenvalue weighted by Gasteiger charge is 2.45. The summed E-state index contributed by atoms with van der Waals surface area (Å²) < 4.78 is 0. The second-order valence-electron chi connectivity index (χ2n) is 10.7. The Labute approximate surface area is 256 Å². The van der Waals surface area contributed by atoms with Crippen molar-refractivity contribution in [3.05, 3.63) is 55.3 Å². The maximum absolute atomic E-state index is 11.2. The van der Waals surface area contributed by atoms with Gasteiger partial charge < -0.3 is 20.4 Å². The van der Waals surface area contributed by atoms with Gasteiger partial charge in [-0.1, -0.05) is 52.6 Å². The van der Waals surface area contributed by atoms with Crippen LogP contribution in [0.1, 0.15) is 50.0 Å². The molecule has 0 radical (unpaired) electrons. The van der Waals surface area contributed by atoms with E-state index in [9.17, 15) is 15.0 Å². The van der Waals surface area contributed by atoms with Crippen molar-refractivity contribution in [1.82, 2.24) is 9.88 Å². The predicted octanol–water partition coefficient (Wildman–Crippen LogP) is 7.49. The number of carboxylic acids is 1. The van der Waals surface area contributed by atoms with Crippen molar-refractivity contribution < 1.29 is 15.0 Å². The fraction of sp³-hybridized carbons (Fsp3) is 0.429. The van der Waals surface area contributed by atoms with E-state index in [0.717, 1.165) is 34.7 Å². The van der Waals surface area contributed by atoms with Gasteiger partial charge in [-0.3, -0.25) is 4.90 Å². The van der Waals surface area contributed by atoms with E-state index in [1.807, 2.05) is 11.4 Å². The third kappa shape index (κ3) is 5.50. The van der Waals surface area contributed by atoms with Crippen molar-refractivity contribution >= 4 is 79.7 Å². The van der Waals surface area contributed by atoms with Gasteiger partial charge in [0.25, 0.3) is 0 Å². The average molecular weight is 640 g/mol. The van der Waals surface area contributed by atoms with Crippen molar-refractivity contribution in [2.75, 3.05) is 29.9 Å². The third-order valence-corrected chi connectivity index (χ3v) is 11.2. The van der Waals surface area contributed by atoms with E-state index in [2.05, 4.69) is 15.1 Å². The number of aliphatic carboxylic acids is 1. The number of carbonyl (C=O) groups is 1. The molecule has 1 saturated carbocycles. The van der Waals surface area contributed by atoms with Crippen LogP contribution in [0.5, 0.6) is 0 Å². The number of likely N-dealkylation sites (tertiary alicyclic amines) is 1. The maximum atomic E-state index is 11.2. The molecule has 6 rings (SSSR count). The molecule has 3 unspecified atom stereocenters. The second kappa shape index (κ2) is 11.4. The molecule has 3 aliphatic rings. The first-order chi connectivity index (χ1) is 19.2. The van der Waals surface area contributed by atoms with Gasteiger partial charge in [-0.15, -0.1) is 11.3 Å². The highest BCUT2D eigenvalue weighted by atomic mass is 35.5. The maximum Gasteiger partial charge on any atom is 0.331 e. The van der Waals surface area contributed by atoms with Gasteiger partial charge in [-0.2, -0.15) is 0 Å². The monoisotopic (exact) mass is 638 g/mol. The van der Waals surface area contributed by atoms with Gasteiger partial charge in [0, 0.05) is 57.3 Å². The van der Waals surface area contributed by atoms with E-state index in [1.54, 1.807) is 23.5 Å². The molecule has 7 nitrogen and oxygen atoms in total. The topological polar surface area (TPSA) is 88.9 Å². The summed E-state index contributed by atoms with van der Waals surface area (Å²) in [5, 5.41) is 28.1. The average Bonchev–Trinajstić information content (AvgIpc) is 3.64. The Kier molecular flexibility index (Phi) is 8.09. The molecule has 2 aromatic heterocycles. The molecular weight excluding hydrogens is 611 g/mol. The zero-order chi connectivity index (χ0) is 28.1. The van der Waals surface area contributed by atoms with Crippen LogP contribution >= 0.6 is 57.5 Å². The van der Waals surface area contributed by atoms with E-state index in [0.29, 0.717) is 33.2 Å². The van der Waals surface area contributed by atoms with E-state index in [1.165, 1.54) is 56.6 Å². The first-order valence-corrected chi connectivity index (χ1v) is 16.1. The van der Waals surface area contributed by atoms with Crippen molar-refractivity contribution in [3.63, 3.8) is 0 Å². The van der Waals surface area contributed by atoms with Crippen LogP contribution < -0.4 is 10.2 Å². The van der Waals surface area contributed by atoms with Gasteiger partial charge in [-0.05, 0) is 62.9 Å². The molecule has 2 aliphatic heterocycles. The van der Waals surface area contributed by atoms with Crippen molar-refractivity contribution in [1.29, 1.82) is 0 Å². The molecule has 2 saturated heterocycles. The van der Waals surface area contributed by atoms with Gasteiger partial charge in [0.1, 0.15) is 10.7 Å². The quantitative estimate of drug-likeness (QED) is 0.174. The summed E-state index contributed by atoms with van der Waals surface area (Å²) in [6.45, 7) is 4.65. The normalized spacial score (nSPS) is 22.4. The number of aromatic nitrogens is 1. The van der Waals surface area contributed by atoms with E-state index in [4.69, 9.17) is 39.8 Å². The van der Waals surface area contributed by atoms with Crippen LogP contribution in [0.2, 0.25) is 15.1 Å². The largest absolute Gasteiger partial charge is 0.478 e. The van der Waals surface area contributed by atoms with Crippen molar-refractivity contribution in [3.8, 4) is 10.6 Å². The predicted molar refractivity (Wildman–Crippen MR) is 165 cm³/mol. The van der Waals surface area contributed by atoms with Gasteiger partial charge in [0.2, 0.25) is 0 Å². The lowest BCUT2D eigenvalue weighted by Gasteiger charge is -2.38. The molecule has 3 N–H and O–H groups in total. The number of thiazole rings is 1. The Hall–Kier alpha value is -1.85. The van der Waals surface area contributed by atoms with Crippen LogP contribution in [0.3, 0.4) is 0 Å². The number of aliphatic hydroxyl groups excluding tert-OH is 1. The summed E-state index contributed by atoms with van der Waals surface area (Å²) in [6.07, 6.45) is 5.51. The number of benzene rings is 1. The van der Waals surface area contributed by atoms with Gasteiger partial charge in [0.15, 0.2) is 11.4 Å². The number of anilines is 2. The first-order valence-electron chi connectivity index (χ1n) is 13.3.